The number of rotatable bonds is 6. The zero-order valence-electron chi connectivity index (χ0n) is 20.3. The van der Waals surface area contributed by atoms with Gasteiger partial charge in [0, 0.05) is 30.2 Å². The van der Waals surface area contributed by atoms with Crippen molar-refractivity contribution in [2.75, 3.05) is 6.61 Å². The lowest BCUT2D eigenvalue weighted by Gasteiger charge is -2.40. The van der Waals surface area contributed by atoms with Gasteiger partial charge in [0.05, 0.1) is 22.6 Å². The van der Waals surface area contributed by atoms with Crippen LogP contribution in [-0.4, -0.2) is 43.8 Å². The van der Waals surface area contributed by atoms with Gasteiger partial charge in [0.15, 0.2) is 11.6 Å². The lowest BCUT2D eigenvalue weighted by molar-refractivity contribution is 0.0428. The van der Waals surface area contributed by atoms with Crippen LogP contribution in [0.4, 0.5) is 9.18 Å². The zero-order chi connectivity index (χ0) is 24.7. The molecule has 7 nitrogen and oxygen atoms in total. The molecule has 1 atom stereocenters. The molecule has 178 valence electrons. The van der Waals surface area contributed by atoms with Crippen molar-refractivity contribution in [3.05, 3.63) is 46.3 Å². The van der Waals surface area contributed by atoms with E-state index in [0.29, 0.717) is 33.8 Å². The molecule has 0 aliphatic heterocycles. The van der Waals surface area contributed by atoms with Gasteiger partial charge in [-0.3, -0.25) is 14.7 Å². The summed E-state index contributed by atoms with van der Waals surface area (Å²) < 4.78 is 22.4. The second kappa shape index (κ2) is 9.00. The van der Waals surface area contributed by atoms with Gasteiger partial charge in [-0.1, -0.05) is 13.8 Å². The Morgan fingerprint density at radius 3 is 2.52 bits per heavy atom. The third-order valence-corrected chi connectivity index (χ3v) is 5.83. The summed E-state index contributed by atoms with van der Waals surface area (Å²) in [4.78, 5) is 30.5. The van der Waals surface area contributed by atoms with E-state index in [1.807, 2.05) is 34.6 Å². The molecule has 1 N–H and O–H groups in total. The molecule has 2 aromatic heterocycles. The first-order valence-electron chi connectivity index (χ1n) is 11.1. The highest BCUT2D eigenvalue weighted by atomic mass is 19.1. The number of ether oxygens (including phenoxy) is 1. The van der Waals surface area contributed by atoms with Crippen LogP contribution in [-0.2, 0) is 7.05 Å². The van der Waals surface area contributed by atoms with Crippen molar-refractivity contribution in [2.45, 2.75) is 59.5 Å². The Labute approximate surface area is 192 Å². The summed E-state index contributed by atoms with van der Waals surface area (Å²) in [5.41, 5.74) is 0.248. The Bertz CT molecular complexity index is 1260. The van der Waals surface area contributed by atoms with Crippen molar-refractivity contribution >= 4 is 27.8 Å². The summed E-state index contributed by atoms with van der Waals surface area (Å²) in [7, 11) is 1.63. The summed E-state index contributed by atoms with van der Waals surface area (Å²) in [5.74, 6) is -0.373. The van der Waals surface area contributed by atoms with Crippen LogP contribution in [0.2, 0.25) is 0 Å². The number of hydrogen-bond donors (Lipinski definition) is 1. The van der Waals surface area contributed by atoms with E-state index in [4.69, 9.17) is 4.74 Å². The van der Waals surface area contributed by atoms with Crippen molar-refractivity contribution < 1.29 is 19.0 Å². The molecule has 0 saturated heterocycles. The number of halogens is 1. The highest BCUT2D eigenvalue weighted by molar-refractivity contribution is 6.06. The molecule has 0 bridgehead atoms. The quantitative estimate of drug-likeness (QED) is 0.520. The number of hydrogen-bond acceptors (Lipinski definition) is 4. The van der Waals surface area contributed by atoms with E-state index in [9.17, 15) is 14.7 Å². The first kappa shape index (κ1) is 24.5. The Kier molecular flexibility index (Phi) is 6.68. The SMILES string of the molecule is Cc1nccc2c1c(=O)n(C)c1cc(OC[C@H](CC(C)C)N(C(=O)O)C(C)(C)C)c(F)cc21. The first-order valence-corrected chi connectivity index (χ1v) is 11.1. The smallest absolute Gasteiger partial charge is 0.408 e. The van der Waals surface area contributed by atoms with E-state index in [0.717, 1.165) is 0 Å². The van der Waals surface area contributed by atoms with Gasteiger partial charge in [-0.15, -0.1) is 0 Å². The van der Waals surface area contributed by atoms with E-state index in [1.54, 1.807) is 26.2 Å². The van der Waals surface area contributed by atoms with Crippen LogP contribution >= 0.6 is 0 Å². The van der Waals surface area contributed by atoms with Crippen molar-refractivity contribution in [3.63, 3.8) is 0 Å². The van der Waals surface area contributed by atoms with Gasteiger partial charge in [-0.05, 0) is 57.6 Å². The Morgan fingerprint density at radius 1 is 1.27 bits per heavy atom. The molecule has 0 spiro atoms. The van der Waals surface area contributed by atoms with E-state index >= 15 is 4.39 Å². The normalized spacial score (nSPS) is 13.0. The van der Waals surface area contributed by atoms with Crippen molar-refractivity contribution in [1.29, 1.82) is 0 Å². The summed E-state index contributed by atoms with van der Waals surface area (Å²) in [6.45, 7) is 11.2. The zero-order valence-corrected chi connectivity index (χ0v) is 20.3. The molecule has 1 aromatic carbocycles. The summed E-state index contributed by atoms with van der Waals surface area (Å²) in [6.07, 6.45) is 1.12. The maximum atomic E-state index is 15.1. The van der Waals surface area contributed by atoms with E-state index < -0.39 is 23.5 Å². The molecule has 33 heavy (non-hydrogen) atoms. The third kappa shape index (κ3) is 4.79. The number of aromatic nitrogens is 2. The Morgan fingerprint density at radius 2 is 1.94 bits per heavy atom. The minimum Gasteiger partial charge on any atom is -0.488 e. The molecule has 3 aromatic rings. The molecule has 0 saturated carbocycles. The average molecular weight is 458 g/mol. The van der Waals surface area contributed by atoms with Gasteiger partial charge >= 0.3 is 6.09 Å². The number of nitrogens with zero attached hydrogens (tertiary/aromatic N) is 3. The van der Waals surface area contributed by atoms with Crippen LogP contribution in [0.1, 0.15) is 46.7 Å². The topological polar surface area (TPSA) is 84.7 Å². The standard InChI is InChI=1S/C25H32FN3O4/c1-14(2)10-16(29(24(31)32)25(4,5)6)13-33-21-12-20-18(11-19(21)26)17-8-9-27-15(3)22(17)23(30)28(20)7/h8-9,11-12,14,16H,10,13H2,1-7H3,(H,31,32)/t16-/m0/s1. The van der Waals surface area contributed by atoms with E-state index in [2.05, 4.69) is 4.98 Å². The van der Waals surface area contributed by atoms with Crippen LogP contribution < -0.4 is 10.3 Å². The molecule has 0 unspecified atom stereocenters. The number of pyridine rings is 2. The van der Waals surface area contributed by atoms with E-state index in [1.165, 1.54) is 21.6 Å². The predicted molar refractivity (Wildman–Crippen MR) is 128 cm³/mol. The summed E-state index contributed by atoms with van der Waals surface area (Å²) >= 11 is 0. The molecule has 0 aliphatic rings. The Balaban J connectivity index is 2.06. The molecule has 3 rings (SSSR count). The first-order chi connectivity index (χ1) is 15.3. The van der Waals surface area contributed by atoms with Crippen molar-refractivity contribution in [1.82, 2.24) is 14.5 Å². The third-order valence-electron chi connectivity index (χ3n) is 5.83. The molecule has 0 radical (unpaired) electrons. The molecular weight excluding hydrogens is 425 g/mol. The predicted octanol–water partition coefficient (Wildman–Crippen LogP) is 5.11. The highest BCUT2D eigenvalue weighted by Gasteiger charge is 2.34. The van der Waals surface area contributed by atoms with Crippen LogP contribution in [0.25, 0.3) is 21.7 Å². The van der Waals surface area contributed by atoms with Crippen LogP contribution in [0, 0.1) is 18.7 Å². The monoisotopic (exact) mass is 457 g/mol. The summed E-state index contributed by atoms with van der Waals surface area (Å²) in [6, 6.07) is 4.11. The largest absolute Gasteiger partial charge is 0.488 e. The molecule has 0 fully saturated rings. The minimum absolute atomic E-state index is 0.00523. The average Bonchev–Trinajstić information content (AvgIpc) is 2.68. The van der Waals surface area contributed by atoms with Crippen LogP contribution in [0.5, 0.6) is 5.75 Å². The van der Waals surface area contributed by atoms with Crippen molar-refractivity contribution in [2.24, 2.45) is 13.0 Å². The van der Waals surface area contributed by atoms with Crippen LogP contribution in [0.15, 0.2) is 29.2 Å². The lowest BCUT2D eigenvalue weighted by Crippen LogP contribution is -2.53. The Hall–Kier alpha value is -3.16. The number of carboxylic acid groups (broad SMARTS) is 1. The van der Waals surface area contributed by atoms with Crippen LogP contribution in [0.3, 0.4) is 0 Å². The number of carbonyl (C=O) groups is 1. The molecule has 0 aliphatic carbocycles. The van der Waals surface area contributed by atoms with Gasteiger partial charge in [0.25, 0.3) is 5.56 Å². The van der Waals surface area contributed by atoms with Crippen molar-refractivity contribution in [3.8, 4) is 5.75 Å². The fourth-order valence-corrected chi connectivity index (χ4v) is 4.45. The molecule has 1 amide bonds. The van der Waals surface area contributed by atoms with Gasteiger partial charge in [0.1, 0.15) is 6.61 Å². The fraction of sp³-hybridized carbons (Fsp3) is 0.480. The number of fused-ring (bicyclic) bond motifs is 3. The van der Waals surface area contributed by atoms with Gasteiger partial charge in [-0.25, -0.2) is 9.18 Å². The second-order valence-corrected chi connectivity index (χ2v) is 9.90. The molecule has 8 heteroatoms. The van der Waals surface area contributed by atoms with Gasteiger partial charge in [-0.2, -0.15) is 0 Å². The number of benzene rings is 1. The van der Waals surface area contributed by atoms with Gasteiger partial charge < -0.3 is 14.4 Å². The second-order valence-electron chi connectivity index (χ2n) is 9.90. The fourth-order valence-electron chi connectivity index (χ4n) is 4.45. The minimum atomic E-state index is -1.05. The van der Waals surface area contributed by atoms with E-state index in [-0.39, 0.29) is 23.8 Å². The number of amides is 1. The molecule has 2 heterocycles. The highest BCUT2D eigenvalue weighted by Crippen LogP contribution is 2.30. The maximum Gasteiger partial charge on any atom is 0.408 e. The summed E-state index contributed by atoms with van der Waals surface area (Å²) in [5, 5.41) is 11.5. The number of aryl methyl sites for hydroxylation is 2. The maximum absolute atomic E-state index is 15.1. The van der Waals surface area contributed by atoms with Gasteiger partial charge in [0.2, 0.25) is 0 Å². The molecular formula is C25H32FN3O4. The lowest BCUT2D eigenvalue weighted by atomic mass is 9.97.